The summed E-state index contributed by atoms with van der Waals surface area (Å²) in [5.41, 5.74) is 5.61. The van der Waals surface area contributed by atoms with Gasteiger partial charge in [0.2, 0.25) is 0 Å². The minimum Gasteiger partial charge on any atom is -0.493 e. The van der Waals surface area contributed by atoms with Crippen LogP contribution in [-0.4, -0.2) is 19.2 Å². The summed E-state index contributed by atoms with van der Waals surface area (Å²) in [5.74, 6) is 1.68. The molecular formula is C25H25ClN2O3S. The largest absolute Gasteiger partial charge is 0.493 e. The van der Waals surface area contributed by atoms with E-state index < -0.39 is 0 Å². The van der Waals surface area contributed by atoms with E-state index in [1.165, 1.54) is 16.9 Å². The average molecular weight is 469 g/mol. The number of hydrogen-bond acceptors (Lipinski definition) is 5. The second-order valence-electron chi connectivity index (χ2n) is 7.90. The molecule has 5 nitrogen and oxygen atoms in total. The molecule has 0 saturated heterocycles. The van der Waals surface area contributed by atoms with Crippen LogP contribution in [0.25, 0.3) is 0 Å². The first-order valence-electron chi connectivity index (χ1n) is 10.5. The summed E-state index contributed by atoms with van der Waals surface area (Å²) >= 11 is 7.76. The van der Waals surface area contributed by atoms with Crippen molar-refractivity contribution in [2.75, 3.05) is 7.11 Å². The number of methoxy groups -OCH3 is 1. The number of rotatable bonds is 7. The van der Waals surface area contributed by atoms with Crippen LogP contribution in [0.5, 0.6) is 11.5 Å². The van der Waals surface area contributed by atoms with Gasteiger partial charge in [-0.2, -0.15) is 5.10 Å². The van der Waals surface area contributed by atoms with Crippen molar-refractivity contribution in [1.82, 2.24) is 5.43 Å². The highest BCUT2D eigenvalue weighted by Crippen LogP contribution is 2.32. The summed E-state index contributed by atoms with van der Waals surface area (Å²) in [6.07, 6.45) is 4.88. The number of halogens is 1. The van der Waals surface area contributed by atoms with Gasteiger partial charge in [-0.25, -0.2) is 5.43 Å². The fourth-order valence-electron chi connectivity index (χ4n) is 3.69. The van der Waals surface area contributed by atoms with Gasteiger partial charge in [0.15, 0.2) is 11.5 Å². The quantitative estimate of drug-likeness (QED) is 0.348. The van der Waals surface area contributed by atoms with Crippen LogP contribution in [0.3, 0.4) is 0 Å². The summed E-state index contributed by atoms with van der Waals surface area (Å²) in [4.78, 5) is 14.5. The minimum absolute atomic E-state index is 0.181. The molecule has 4 rings (SSSR count). The lowest BCUT2D eigenvalue weighted by Gasteiger charge is -2.16. The lowest BCUT2D eigenvalue weighted by molar-refractivity contribution is 0.0959. The Labute approximate surface area is 197 Å². The summed E-state index contributed by atoms with van der Waals surface area (Å²) in [6, 6.07) is 15.0. The Bertz CT molecular complexity index is 1140. The van der Waals surface area contributed by atoms with E-state index in [4.69, 9.17) is 21.1 Å². The molecule has 0 spiro atoms. The van der Waals surface area contributed by atoms with E-state index in [9.17, 15) is 4.79 Å². The van der Waals surface area contributed by atoms with Gasteiger partial charge < -0.3 is 9.47 Å². The standard InChI is InChI=1S/C25H25ClN2O3S/c1-16-7-10-23-19(11-16)13-24(32-23)25(29)28-27-14-17-8-9-21(22(12-17)30-2)31-15-18-5-3-4-6-20(18)26/h3-6,8-9,12-14,16H,7,10-11,15H2,1-2H3,(H,28,29)/b27-14+. The first-order chi connectivity index (χ1) is 15.5. The number of carbonyl (C=O) groups excluding carboxylic acids is 1. The summed E-state index contributed by atoms with van der Waals surface area (Å²) in [6.45, 7) is 2.59. The molecule has 7 heteroatoms. The topological polar surface area (TPSA) is 59.9 Å². The molecule has 3 aromatic rings. The van der Waals surface area contributed by atoms with E-state index in [1.54, 1.807) is 24.7 Å². The van der Waals surface area contributed by atoms with E-state index in [2.05, 4.69) is 17.5 Å². The molecule has 1 atom stereocenters. The zero-order chi connectivity index (χ0) is 22.5. The number of fused-ring (bicyclic) bond motifs is 1. The Morgan fingerprint density at radius 1 is 1.25 bits per heavy atom. The monoisotopic (exact) mass is 468 g/mol. The van der Waals surface area contributed by atoms with Crippen LogP contribution in [-0.2, 0) is 19.4 Å². The van der Waals surface area contributed by atoms with E-state index in [-0.39, 0.29) is 5.91 Å². The molecule has 1 amide bonds. The normalized spacial score (nSPS) is 15.4. The zero-order valence-corrected chi connectivity index (χ0v) is 19.6. The van der Waals surface area contributed by atoms with Crippen LogP contribution in [0, 0.1) is 5.92 Å². The van der Waals surface area contributed by atoms with Crippen LogP contribution in [0.4, 0.5) is 0 Å². The number of hydrogen-bond donors (Lipinski definition) is 1. The molecule has 166 valence electrons. The maximum absolute atomic E-state index is 12.5. The molecule has 1 N–H and O–H groups in total. The van der Waals surface area contributed by atoms with Crippen molar-refractivity contribution in [2.45, 2.75) is 32.8 Å². The zero-order valence-electron chi connectivity index (χ0n) is 18.1. The smallest absolute Gasteiger partial charge is 0.281 e. The van der Waals surface area contributed by atoms with Crippen molar-refractivity contribution >= 4 is 35.1 Å². The number of nitrogens with zero attached hydrogens (tertiary/aromatic N) is 1. The molecule has 1 unspecified atom stereocenters. The maximum atomic E-state index is 12.5. The van der Waals surface area contributed by atoms with Crippen molar-refractivity contribution in [3.05, 3.63) is 80.0 Å². The van der Waals surface area contributed by atoms with Crippen LogP contribution in [0.15, 0.2) is 53.6 Å². The van der Waals surface area contributed by atoms with E-state index in [0.29, 0.717) is 33.9 Å². The number of carbonyl (C=O) groups is 1. The first kappa shape index (κ1) is 22.4. The fraction of sp³-hybridized carbons (Fsp3) is 0.280. The number of amides is 1. The molecule has 2 aromatic carbocycles. The highest BCUT2D eigenvalue weighted by molar-refractivity contribution is 7.14. The van der Waals surface area contributed by atoms with Gasteiger partial charge in [-0.3, -0.25) is 4.79 Å². The van der Waals surface area contributed by atoms with Crippen LogP contribution >= 0.6 is 22.9 Å². The highest BCUT2D eigenvalue weighted by Gasteiger charge is 2.20. The SMILES string of the molecule is COc1cc(/C=N/NC(=O)c2cc3c(s2)CCC(C)C3)ccc1OCc1ccccc1Cl. The molecule has 0 aliphatic heterocycles. The number of benzene rings is 2. The predicted molar refractivity (Wildman–Crippen MR) is 129 cm³/mol. The average Bonchev–Trinajstić information content (AvgIpc) is 3.22. The molecule has 1 heterocycles. The van der Waals surface area contributed by atoms with Crippen LogP contribution in [0.1, 0.15) is 44.6 Å². The Kier molecular flexibility index (Phi) is 7.12. The lowest BCUT2D eigenvalue weighted by atomic mass is 9.90. The molecule has 1 aliphatic carbocycles. The minimum atomic E-state index is -0.181. The van der Waals surface area contributed by atoms with Gasteiger partial charge in [-0.05, 0) is 66.6 Å². The molecule has 0 radical (unpaired) electrons. The Hall–Kier alpha value is -2.83. The number of nitrogens with one attached hydrogen (secondary N) is 1. The highest BCUT2D eigenvalue weighted by atomic mass is 35.5. The van der Waals surface area contributed by atoms with E-state index in [1.807, 2.05) is 48.5 Å². The number of thiophene rings is 1. The van der Waals surface area contributed by atoms with Crippen molar-refractivity contribution in [1.29, 1.82) is 0 Å². The lowest BCUT2D eigenvalue weighted by Crippen LogP contribution is -2.16. The van der Waals surface area contributed by atoms with Crippen LogP contribution in [0.2, 0.25) is 5.02 Å². The second-order valence-corrected chi connectivity index (χ2v) is 9.44. The van der Waals surface area contributed by atoms with Gasteiger partial charge >= 0.3 is 0 Å². The van der Waals surface area contributed by atoms with Crippen molar-refractivity contribution < 1.29 is 14.3 Å². The van der Waals surface area contributed by atoms with Crippen LogP contribution < -0.4 is 14.9 Å². The Balaban J connectivity index is 1.37. The molecule has 1 aromatic heterocycles. The predicted octanol–water partition coefficient (Wildman–Crippen LogP) is 5.88. The fourth-order valence-corrected chi connectivity index (χ4v) is 4.98. The third-order valence-electron chi connectivity index (χ3n) is 5.46. The molecule has 0 saturated carbocycles. The van der Waals surface area contributed by atoms with Gasteiger partial charge in [-0.1, -0.05) is 36.7 Å². The summed E-state index contributed by atoms with van der Waals surface area (Å²) < 4.78 is 11.3. The van der Waals surface area contributed by atoms with Crippen molar-refractivity contribution in [3.8, 4) is 11.5 Å². The van der Waals surface area contributed by atoms with Gasteiger partial charge in [0.1, 0.15) is 6.61 Å². The molecule has 0 bridgehead atoms. The molecular weight excluding hydrogens is 444 g/mol. The van der Waals surface area contributed by atoms with Gasteiger partial charge in [0, 0.05) is 15.5 Å². The van der Waals surface area contributed by atoms with E-state index in [0.717, 1.165) is 24.0 Å². The van der Waals surface area contributed by atoms with Crippen molar-refractivity contribution in [3.63, 3.8) is 0 Å². The number of hydrazone groups is 1. The third-order valence-corrected chi connectivity index (χ3v) is 7.07. The Morgan fingerprint density at radius 2 is 2.09 bits per heavy atom. The van der Waals surface area contributed by atoms with Gasteiger partial charge in [-0.15, -0.1) is 11.3 Å². The molecule has 32 heavy (non-hydrogen) atoms. The molecule has 1 aliphatic rings. The van der Waals surface area contributed by atoms with Gasteiger partial charge in [0.05, 0.1) is 18.2 Å². The van der Waals surface area contributed by atoms with E-state index >= 15 is 0 Å². The summed E-state index contributed by atoms with van der Waals surface area (Å²) in [5, 5.41) is 4.78. The Morgan fingerprint density at radius 3 is 2.91 bits per heavy atom. The molecule has 0 fully saturated rings. The summed E-state index contributed by atoms with van der Waals surface area (Å²) in [7, 11) is 1.58. The second kappa shape index (κ2) is 10.2. The van der Waals surface area contributed by atoms with Crippen molar-refractivity contribution in [2.24, 2.45) is 11.0 Å². The first-order valence-corrected chi connectivity index (χ1v) is 11.7. The number of aryl methyl sites for hydroxylation is 1. The van der Waals surface area contributed by atoms with Gasteiger partial charge in [0.25, 0.3) is 5.91 Å². The third kappa shape index (κ3) is 5.31. The maximum Gasteiger partial charge on any atom is 0.281 e. The number of ether oxygens (including phenoxy) is 2.